The van der Waals surface area contributed by atoms with Gasteiger partial charge in [-0.05, 0) is 94.5 Å². The Labute approximate surface area is 435 Å². The number of methoxy groups -OCH3 is 2. The maximum absolute atomic E-state index is 16.0. The second-order valence-electron chi connectivity index (χ2n) is 19.6. The average molecular weight is 1100 g/mol. The van der Waals surface area contributed by atoms with Crippen molar-refractivity contribution in [1.29, 1.82) is 0 Å². The number of carbonyl (C=O) groups is 4. The van der Waals surface area contributed by atoms with Crippen LogP contribution in [0.25, 0.3) is 11.1 Å². The number of nitrogens with zero attached hydrogens (tertiary/aromatic N) is 5. The van der Waals surface area contributed by atoms with Crippen LogP contribution in [0.15, 0.2) is 67.1 Å². The Morgan fingerprint density at radius 1 is 0.779 bits per heavy atom. The van der Waals surface area contributed by atoms with E-state index in [0.717, 1.165) is 58.4 Å². The second kappa shape index (κ2) is 24.0. The van der Waals surface area contributed by atoms with Gasteiger partial charge in [0.2, 0.25) is 5.91 Å². The molecule has 2 aromatic carbocycles. The summed E-state index contributed by atoms with van der Waals surface area (Å²) >= 11 is 0. The maximum atomic E-state index is 16.0. The van der Waals surface area contributed by atoms with Crippen molar-refractivity contribution in [2.45, 2.75) is 109 Å². The van der Waals surface area contributed by atoms with Gasteiger partial charge in [0.1, 0.15) is 29.5 Å². The Morgan fingerprint density at radius 2 is 1.31 bits per heavy atom. The number of rotatable bonds is 18. The number of aromatic nitrogens is 3. The summed E-state index contributed by atoms with van der Waals surface area (Å²) in [5, 5.41) is 25.4. The van der Waals surface area contributed by atoms with Crippen LogP contribution in [-0.2, 0) is 32.0 Å². The first-order valence-corrected chi connectivity index (χ1v) is 23.8. The summed E-state index contributed by atoms with van der Waals surface area (Å²) in [6, 6.07) is 5.11. The van der Waals surface area contributed by atoms with E-state index in [2.05, 4.69) is 46.9 Å². The van der Waals surface area contributed by atoms with E-state index in [0.29, 0.717) is 68.0 Å². The van der Waals surface area contributed by atoms with Crippen LogP contribution in [0.5, 0.6) is 0 Å². The number of hydrazine groups is 1. The third-order valence-electron chi connectivity index (χ3n) is 13.5. The van der Waals surface area contributed by atoms with E-state index in [4.69, 9.17) is 0 Å². The molecule has 2 unspecified atom stereocenters. The van der Waals surface area contributed by atoms with Crippen molar-refractivity contribution in [1.82, 2.24) is 46.5 Å². The zero-order valence-electron chi connectivity index (χ0n) is 42.3. The van der Waals surface area contributed by atoms with Crippen LogP contribution in [0.1, 0.15) is 69.3 Å². The Morgan fingerprint density at radius 3 is 1.81 bits per heavy atom. The highest BCUT2D eigenvalue weighted by atomic mass is 19.4. The molecule has 6 N–H and O–H groups in total. The lowest BCUT2D eigenvalue weighted by molar-refractivity contribution is -0.221. The van der Waals surface area contributed by atoms with E-state index in [1.807, 2.05) is 22.9 Å². The van der Waals surface area contributed by atoms with E-state index in [9.17, 15) is 59.4 Å². The zero-order chi connectivity index (χ0) is 56.8. The monoisotopic (exact) mass is 1100 g/mol. The topological polar surface area (TPSA) is 204 Å². The van der Waals surface area contributed by atoms with Crippen molar-refractivity contribution in [3.8, 4) is 23.0 Å². The molecule has 0 radical (unpaired) electrons. The van der Waals surface area contributed by atoms with Crippen LogP contribution in [0.4, 0.5) is 59.3 Å². The molecule has 2 aliphatic heterocycles. The molecule has 27 heteroatoms. The molecule has 2 bridgehead atoms. The van der Waals surface area contributed by atoms with Gasteiger partial charge in [-0.15, -0.1) is 0 Å². The van der Waals surface area contributed by atoms with Gasteiger partial charge in [-0.2, -0.15) is 40.2 Å². The summed E-state index contributed by atoms with van der Waals surface area (Å²) in [5.41, 5.74) is -4.21. The van der Waals surface area contributed by atoms with Crippen LogP contribution in [0.3, 0.4) is 0 Å². The largest absolute Gasteiger partial charge is 0.453 e. The van der Waals surface area contributed by atoms with Crippen molar-refractivity contribution in [3.05, 3.63) is 101 Å². The molecule has 418 valence electrons. The molecule has 17 nitrogen and oxygen atoms in total. The van der Waals surface area contributed by atoms with Crippen LogP contribution in [0, 0.1) is 34.3 Å². The minimum atomic E-state index is -5.23. The number of carbonyl (C=O) groups excluding carboxylic acids is 4. The Bertz CT molecular complexity index is 2770. The Kier molecular flexibility index (Phi) is 18.4. The molecule has 0 saturated carbocycles. The van der Waals surface area contributed by atoms with E-state index in [1.54, 1.807) is 11.5 Å². The predicted molar refractivity (Wildman–Crippen MR) is 256 cm³/mol. The molecule has 6 rings (SSSR count). The molecule has 0 spiro atoms. The number of halogens is 10. The minimum absolute atomic E-state index is 0.173. The molecule has 2 aromatic heterocycles. The zero-order valence-corrected chi connectivity index (χ0v) is 42.3. The lowest BCUT2D eigenvalue weighted by Crippen LogP contribution is -2.63. The summed E-state index contributed by atoms with van der Waals surface area (Å²) in [5.74, 6) is 0.759. The van der Waals surface area contributed by atoms with Crippen molar-refractivity contribution in [2.75, 3.05) is 38.8 Å². The van der Waals surface area contributed by atoms with Gasteiger partial charge in [-0.3, -0.25) is 15.0 Å². The lowest BCUT2D eigenvalue weighted by atomic mass is 9.82. The van der Waals surface area contributed by atoms with Crippen molar-refractivity contribution in [2.24, 2.45) is 10.8 Å². The molecule has 2 fully saturated rings. The number of pyridine rings is 1. The van der Waals surface area contributed by atoms with Crippen LogP contribution in [0.2, 0.25) is 0 Å². The van der Waals surface area contributed by atoms with Crippen LogP contribution in [-0.4, -0.2) is 131 Å². The van der Waals surface area contributed by atoms with Crippen LogP contribution >= 0.6 is 0 Å². The predicted octanol–water partition coefficient (Wildman–Crippen LogP) is 6.51. The van der Waals surface area contributed by atoms with Gasteiger partial charge >= 0.3 is 31.1 Å². The summed E-state index contributed by atoms with van der Waals surface area (Å²) in [6.07, 6.45) is -10.5. The first kappa shape index (κ1) is 59.1. The standard InChI is InChI=1S/C50H56F10N10O7/c1-47(2,49(55,56)57)40(65-45(74)76-5)42(72)64-37(17-28-10-7-27(8-11-28)9-12-29-13-16-39(61-20-29)68-23-32-14-15-33(24-68)63-32)38(71)26-69(67-43(73)41(66-46(75)77-6)48(3,4)50(58,59)60)25-34-35(51)18-30(19-36(34)52)31-21-62-70(22-31)44(53)54/h7-8,10-11,13,16,18-22,32-33,37-38,40-41,44,63,71H,14-15,17,23-26H2,1-6H3,(H,64,72)(H,65,74)(H,66,75)(H,67,73)/t32?,33?,37-,38-,40+,41+/m0/s1. The fraction of sp³-hybridized carbons (Fsp3) is 0.480. The highest BCUT2D eigenvalue weighted by Crippen LogP contribution is 2.42. The third-order valence-corrected chi connectivity index (χ3v) is 13.5. The third kappa shape index (κ3) is 14.5. The first-order chi connectivity index (χ1) is 36.0. The number of nitrogens with one attached hydrogen (secondary N) is 5. The lowest BCUT2D eigenvalue weighted by Gasteiger charge is -2.38. The van der Waals surface area contributed by atoms with Crippen molar-refractivity contribution < 1.29 is 77.7 Å². The summed E-state index contributed by atoms with van der Waals surface area (Å²) in [6.45, 7) is -1.47. The van der Waals surface area contributed by atoms with Crippen LogP contribution < -0.4 is 31.6 Å². The molecule has 77 heavy (non-hydrogen) atoms. The number of anilines is 1. The highest BCUT2D eigenvalue weighted by Gasteiger charge is 2.57. The first-order valence-electron chi connectivity index (χ1n) is 23.8. The molecular weight excluding hydrogens is 1040 g/mol. The number of piperazine rings is 1. The number of aliphatic hydroxyl groups excluding tert-OH is 1. The molecule has 0 aliphatic carbocycles. The van der Waals surface area contributed by atoms with Gasteiger partial charge in [0.15, 0.2) is 0 Å². The Hall–Kier alpha value is -7.18. The van der Waals surface area contributed by atoms with Gasteiger partial charge in [-0.25, -0.2) is 33.0 Å². The average Bonchev–Trinajstić information content (AvgIpc) is 4.00. The number of hydrogen-bond donors (Lipinski definition) is 6. The van der Waals surface area contributed by atoms with E-state index >= 15 is 8.78 Å². The molecule has 6 atom stereocenters. The number of amides is 4. The number of aliphatic hydroxyl groups is 1. The maximum Gasteiger partial charge on any atom is 0.407 e. The molecule has 2 aliphatic rings. The summed E-state index contributed by atoms with van der Waals surface area (Å²) < 4.78 is 155. The summed E-state index contributed by atoms with van der Waals surface area (Å²) in [4.78, 5) is 59.5. The quantitative estimate of drug-likeness (QED) is 0.0359. The normalized spacial score (nSPS) is 17.4. The molecule has 4 aromatic rings. The SMILES string of the molecule is COC(=O)N[C@H](C(=O)N[C@@H](Cc1ccc(C#Cc2ccc(N3CC4CCC(C3)N4)nc2)cc1)[C@@H](O)CN(Cc1c(F)cc(-c2cnn(C(F)F)c2)cc1F)NC(=O)[C@@H](NC(=O)OC)C(C)(C)C(F)(F)F)C(C)(C)C(F)(F)F. The molecule has 4 amide bonds. The number of hydrogen-bond acceptors (Lipinski definition) is 12. The van der Waals surface area contributed by atoms with Gasteiger partial charge in [0, 0.05) is 72.9 Å². The minimum Gasteiger partial charge on any atom is -0.453 e. The van der Waals surface area contributed by atoms with Crippen molar-refractivity contribution in [3.63, 3.8) is 0 Å². The fourth-order valence-electron chi connectivity index (χ4n) is 8.56. The number of ether oxygens (including phenoxy) is 2. The van der Waals surface area contributed by atoms with Gasteiger partial charge < -0.3 is 40.7 Å². The fourth-order valence-corrected chi connectivity index (χ4v) is 8.56. The number of alkyl carbamates (subject to hydrolysis) is 2. The van der Waals surface area contributed by atoms with E-state index < -0.39 is 115 Å². The summed E-state index contributed by atoms with van der Waals surface area (Å²) in [7, 11) is 1.60. The number of fused-ring (bicyclic) bond motifs is 2. The number of alkyl halides is 8. The Balaban J connectivity index is 1.34. The highest BCUT2D eigenvalue weighted by molar-refractivity contribution is 5.87. The second-order valence-corrected chi connectivity index (χ2v) is 19.6. The van der Waals surface area contributed by atoms with Gasteiger partial charge in [-0.1, -0.05) is 24.0 Å². The number of benzene rings is 2. The van der Waals surface area contributed by atoms with Crippen molar-refractivity contribution >= 4 is 29.8 Å². The molecule has 2 saturated heterocycles. The van der Waals surface area contributed by atoms with Gasteiger partial charge in [0.05, 0.1) is 43.4 Å². The van der Waals surface area contributed by atoms with E-state index in [1.165, 1.54) is 24.3 Å². The molecular formula is C50H56F10N10O7. The molecule has 4 heterocycles. The van der Waals surface area contributed by atoms with Gasteiger partial charge in [0.25, 0.3) is 5.91 Å². The van der Waals surface area contributed by atoms with E-state index in [-0.39, 0.29) is 21.4 Å². The smallest absolute Gasteiger partial charge is 0.407 e.